The maximum absolute atomic E-state index is 12.0. The summed E-state index contributed by atoms with van der Waals surface area (Å²) in [5.74, 6) is 0.601. The van der Waals surface area contributed by atoms with Gasteiger partial charge >= 0.3 is 5.69 Å². The Morgan fingerprint density at radius 3 is 2.81 bits per heavy atom. The van der Waals surface area contributed by atoms with Gasteiger partial charge in [-0.05, 0) is 18.4 Å². The largest absolute Gasteiger partial charge is 0.328 e. The molecule has 4 nitrogen and oxygen atoms in total. The van der Waals surface area contributed by atoms with Gasteiger partial charge in [-0.1, -0.05) is 13.8 Å². The van der Waals surface area contributed by atoms with Crippen molar-refractivity contribution in [2.24, 2.45) is 13.0 Å². The number of pyridine rings is 1. The Balaban J connectivity index is 2.51. The quantitative estimate of drug-likeness (QED) is 0.789. The molecule has 0 bridgehead atoms. The summed E-state index contributed by atoms with van der Waals surface area (Å²) in [4.78, 5) is 16.0. The van der Waals surface area contributed by atoms with Crippen LogP contribution in [0.25, 0.3) is 11.0 Å². The number of hydrogen-bond donors (Lipinski definition) is 0. The minimum absolute atomic E-state index is 0.0450. The molecule has 0 aromatic carbocycles. The topological polar surface area (TPSA) is 39.8 Å². The molecule has 0 N–H and O–H groups in total. The van der Waals surface area contributed by atoms with E-state index in [1.165, 1.54) is 0 Å². The molecule has 0 saturated carbocycles. The molecule has 0 fully saturated rings. The molecule has 0 aliphatic carbocycles. The average molecular weight is 219 g/mol. The first-order chi connectivity index (χ1) is 7.61. The molecule has 0 unspecified atom stereocenters. The fraction of sp³-hybridized carbons (Fsp3) is 0.500. The first-order valence-corrected chi connectivity index (χ1v) is 5.60. The predicted molar refractivity (Wildman–Crippen MR) is 64.4 cm³/mol. The molecular weight excluding hydrogens is 202 g/mol. The van der Waals surface area contributed by atoms with Gasteiger partial charge in [-0.15, -0.1) is 0 Å². The van der Waals surface area contributed by atoms with Crippen LogP contribution in [-0.4, -0.2) is 14.1 Å². The van der Waals surface area contributed by atoms with E-state index in [1.54, 1.807) is 24.0 Å². The van der Waals surface area contributed by atoms with Gasteiger partial charge in [0, 0.05) is 19.8 Å². The van der Waals surface area contributed by atoms with Crippen molar-refractivity contribution >= 4 is 11.0 Å². The Labute approximate surface area is 94.5 Å². The molecule has 2 aromatic heterocycles. The fourth-order valence-electron chi connectivity index (χ4n) is 1.86. The van der Waals surface area contributed by atoms with Gasteiger partial charge in [0.2, 0.25) is 0 Å². The number of hydrogen-bond acceptors (Lipinski definition) is 2. The zero-order valence-electron chi connectivity index (χ0n) is 9.97. The van der Waals surface area contributed by atoms with E-state index in [2.05, 4.69) is 18.8 Å². The van der Waals surface area contributed by atoms with Crippen molar-refractivity contribution in [2.45, 2.75) is 26.8 Å². The highest BCUT2D eigenvalue weighted by Crippen LogP contribution is 2.11. The van der Waals surface area contributed by atoms with Crippen molar-refractivity contribution in [2.75, 3.05) is 0 Å². The maximum atomic E-state index is 12.0. The molecular formula is C12H17N3O. The Bertz CT molecular complexity index is 551. The Morgan fingerprint density at radius 2 is 2.12 bits per heavy atom. The van der Waals surface area contributed by atoms with Crippen molar-refractivity contribution in [3.05, 3.63) is 28.9 Å². The van der Waals surface area contributed by atoms with Crippen LogP contribution in [0.15, 0.2) is 23.3 Å². The Hall–Kier alpha value is -1.58. The molecule has 0 atom stereocenters. The van der Waals surface area contributed by atoms with Crippen LogP contribution in [0, 0.1) is 5.92 Å². The van der Waals surface area contributed by atoms with E-state index in [0.717, 1.165) is 24.0 Å². The van der Waals surface area contributed by atoms with E-state index in [0.29, 0.717) is 5.92 Å². The highest BCUT2D eigenvalue weighted by molar-refractivity contribution is 5.74. The standard InChI is InChI=1S/C12H17N3O/c1-9(2)5-7-15-10-4-6-13-8-11(10)14(3)12(15)16/h4,6,8-9H,5,7H2,1-3H3. The second kappa shape index (κ2) is 4.12. The third-order valence-electron chi connectivity index (χ3n) is 2.88. The summed E-state index contributed by atoms with van der Waals surface area (Å²) in [6, 6.07) is 1.90. The van der Waals surface area contributed by atoms with Gasteiger partial charge in [0.1, 0.15) is 0 Å². The van der Waals surface area contributed by atoms with E-state index >= 15 is 0 Å². The molecule has 0 amide bonds. The van der Waals surface area contributed by atoms with E-state index in [1.807, 2.05) is 10.6 Å². The number of aromatic nitrogens is 3. The summed E-state index contributed by atoms with van der Waals surface area (Å²) in [5.41, 5.74) is 1.92. The van der Waals surface area contributed by atoms with Crippen molar-refractivity contribution in [1.29, 1.82) is 0 Å². The lowest BCUT2D eigenvalue weighted by Crippen LogP contribution is -2.22. The minimum atomic E-state index is 0.0450. The lowest BCUT2D eigenvalue weighted by Gasteiger charge is -2.05. The lowest BCUT2D eigenvalue weighted by atomic mass is 10.1. The first kappa shape index (κ1) is 10.9. The molecule has 0 spiro atoms. The zero-order valence-corrected chi connectivity index (χ0v) is 9.97. The normalized spacial score (nSPS) is 11.5. The third kappa shape index (κ3) is 1.75. The molecule has 0 aliphatic heterocycles. The summed E-state index contributed by atoms with van der Waals surface area (Å²) < 4.78 is 3.49. The molecule has 4 heteroatoms. The van der Waals surface area contributed by atoms with Crippen LogP contribution < -0.4 is 5.69 Å². The van der Waals surface area contributed by atoms with Gasteiger partial charge in [0.15, 0.2) is 0 Å². The van der Waals surface area contributed by atoms with E-state index < -0.39 is 0 Å². The van der Waals surface area contributed by atoms with Crippen molar-refractivity contribution in [3.8, 4) is 0 Å². The summed E-state index contributed by atoms with van der Waals surface area (Å²) in [6.07, 6.45) is 4.48. The molecule has 0 saturated heterocycles. The van der Waals surface area contributed by atoms with Crippen molar-refractivity contribution in [1.82, 2.24) is 14.1 Å². The summed E-state index contributed by atoms with van der Waals surface area (Å²) in [5, 5.41) is 0. The number of imidazole rings is 1. The number of fused-ring (bicyclic) bond motifs is 1. The SMILES string of the molecule is CC(C)CCn1c(=O)n(C)c2cnccc21. The van der Waals surface area contributed by atoms with Crippen molar-refractivity contribution in [3.63, 3.8) is 0 Å². The van der Waals surface area contributed by atoms with Crippen LogP contribution in [0.3, 0.4) is 0 Å². The second-order valence-corrected chi connectivity index (χ2v) is 4.54. The molecule has 2 heterocycles. The highest BCUT2D eigenvalue weighted by Gasteiger charge is 2.10. The van der Waals surface area contributed by atoms with Gasteiger partial charge in [-0.25, -0.2) is 4.79 Å². The summed E-state index contributed by atoms with van der Waals surface area (Å²) in [7, 11) is 1.79. The van der Waals surface area contributed by atoms with Crippen molar-refractivity contribution < 1.29 is 0 Å². The Kier molecular flexibility index (Phi) is 2.81. The average Bonchev–Trinajstić information content (AvgIpc) is 2.50. The van der Waals surface area contributed by atoms with Gasteiger partial charge in [0.05, 0.1) is 17.2 Å². The summed E-state index contributed by atoms with van der Waals surface area (Å²) >= 11 is 0. The van der Waals surface area contributed by atoms with Crippen LogP contribution in [0.1, 0.15) is 20.3 Å². The number of rotatable bonds is 3. The van der Waals surface area contributed by atoms with Gasteiger partial charge in [-0.3, -0.25) is 14.1 Å². The van der Waals surface area contributed by atoms with E-state index in [9.17, 15) is 4.79 Å². The van der Waals surface area contributed by atoms with E-state index in [-0.39, 0.29) is 5.69 Å². The van der Waals surface area contributed by atoms with Crippen LogP contribution in [0.4, 0.5) is 0 Å². The zero-order chi connectivity index (χ0) is 11.7. The van der Waals surface area contributed by atoms with Crippen LogP contribution in [0.2, 0.25) is 0 Å². The molecule has 0 radical (unpaired) electrons. The maximum Gasteiger partial charge on any atom is 0.328 e. The van der Waals surface area contributed by atoms with Gasteiger partial charge < -0.3 is 0 Å². The van der Waals surface area contributed by atoms with Crippen LogP contribution in [0.5, 0.6) is 0 Å². The molecule has 16 heavy (non-hydrogen) atoms. The monoisotopic (exact) mass is 219 g/mol. The molecule has 0 aliphatic rings. The fourth-order valence-corrected chi connectivity index (χ4v) is 1.86. The third-order valence-corrected chi connectivity index (χ3v) is 2.88. The smallest absolute Gasteiger partial charge is 0.294 e. The minimum Gasteiger partial charge on any atom is -0.294 e. The molecule has 2 rings (SSSR count). The van der Waals surface area contributed by atoms with Gasteiger partial charge in [0.25, 0.3) is 0 Å². The van der Waals surface area contributed by atoms with Gasteiger partial charge in [-0.2, -0.15) is 0 Å². The molecule has 86 valence electrons. The number of aryl methyl sites for hydroxylation is 2. The lowest BCUT2D eigenvalue weighted by molar-refractivity contribution is 0.511. The molecule has 2 aromatic rings. The first-order valence-electron chi connectivity index (χ1n) is 5.60. The summed E-state index contributed by atoms with van der Waals surface area (Å²) in [6.45, 7) is 5.10. The van der Waals surface area contributed by atoms with Crippen LogP contribution >= 0.6 is 0 Å². The van der Waals surface area contributed by atoms with E-state index in [4.69, 9.17) is 0 Å². The second-order valence-electron chi connectivity index (χ2n) is 4.54. The van der Waals surface area contributed by atoms with Crippen LogP contribution in [-0.2, 0) is 13.6 Å². The number of nitrogens with zero attached hydrogens (tertiary/aromatic N) is 3. The Morgan fingerprint density at radius 1 is 1.38 bits per heavy atom. The predicted octanol–water partition coefficient (Wildman–Crippen LogP) is 1.78. The highest BCUT2D eigenvalue weighted by atomic mass is 16.1.